The maximum absolute atomic E-state index is 12.5. The van der Waals surface area contributed by atoms with Crippen molar-refractivity contribution >= 4 is 23.4 Å². The molecule has 3 rings (SSSR count). The molecule has 0 aliphatic carbocycles. The van der Waals surface area contributed by atoms with E-state index < -0.39 is 5.69 Å². The van der Waals surface area contributed by atoms with Gasteiger partial charge in [0.05, 0.1) is 5.69 Å². The summed E-state index contributed by atoms with van der Waals surface area (Å²) in [5.41, 5.74) is 0.180. The lowest BCUT2D eigenvalue weighted by Crippen LogP contribution is -2.34. The topological polar surface area (TPSA) is 89.9 Å². The number of hydrazine groups is 1. The van der Waals surface area contributed by atoms with Gasteiger partial charge < -0.3 is 0 Å². The summed E-state index contributed by atoms with van der Waals surface area (Å²) in [6, 6.07) is 12.2. The van der Waals surface area contributed by atoms with E-state index in [4.69, 9.17) is 17.4 Å². The third-order valence-corrected chi connectivity index (χ3v) is 3.64. The van der Waals surface area contributed by atoms with Crippen molar-refractivity contribution in [2.75, 3.05) is 5.01 Å². The lowest BCUT2D eigenvalue weighted by atomic mass is 10.3. The lowest BCUT2D eigenvalue weighted by molar-refractivity contribution is 0.754. The molecule has 7 nitrogen and oxygen atoms in total. The van der Waals surface area contributed by atoms with Crippen LogP contribution in [0.3, 0.4) is 0 Å². The first-order valence-corrected chi connectivity index (χ1v) is 7.69. The van der Waals surface area contributed by atoms with Crippen molar-refractivity contribution in [3.63, 3.8) is 0 Å². The van der Waals surface area contributed by atoms with Gasteiger partial charge in [0.15, 0.2) is 0 Å². The van der Waals surface area contributed by atoms with Crippen LogP contribution in [0.25, 0.3) is 5.69 Å². The quantitative estimate of drug-likeness (QED) is 0.577. The molecule has 24 heavy (non-hydrogen) atoms. The molecule has 8 heteroatoms. The molecule has 0 bridgehead atoms. The maximum Gasteiger partial charge on any atom is 0.356 e. The van der Waals surface area contributed by atoms with Crippen LogP contribution in [0.1, 0.15) is 12.7 Å². The minimum atomic E-state index is -0.467. The van der Waals surface area contributed by atoms with E-state index in [-0.39, 0.29) is 5.95 Å². The van der Waals surface area contributed by atoms with Crippen LogP contribution >= 0.6 is 11.6 Å². The molecule has 0 unspecified atom stereocenters. The molecule has 0 spiro atoms. The summed E-state index contributed by atoms with van der Waals surface area (Å²) in [6.07, 6.45) is 2.13. The van der Waals surface area contributed by atoms with Crippen LogP contribution in [0, 0.1) is 0 Å². The predicted octanol–water partition coefficient (Wildman–Crippen LogP) is 2.25. The summed E-state index contributed by atoms with van der Waals surface area (Å²) in [5.74, 6) is 7.08. The Morgan fingerprint density at radius 1 is 1.17 bits per heavy atom. The fourth-order valence-corrected chi connectivity index (χ4v) is 2.36. The number of nitrogens with zero attached hydrogens (tertiary/aromatic N) is 5. The molecule has 1 aromatic carbocycles. The van der Waals surface area contributed by atoms with E-state index in [0.717, 1.165) is 0 Å². The minimum Gasteiger partial charge on any atom is -0.248 e. The van der Waals surface area contributed by atoms with Gasteiger partial charge >= 0.3 is 5.69 Å². The van der Waals surface area contributed by atoms with Gasteiger partial charge in [-0.25, -0.2) is 25.2 Å². The van der Waals surface area contributed by atoms with Gasteiger partial charge in [0, 0.05) is 17.6 Å². The van der Waals surface area contributed by atoms with Crippen molar-refractivity contribution in [1.29, 1.82) is 0 Å². The molecule has 0 amide bonds. The Morgan fingerprint density at radius 3 is 2.54 bits per heavy atom. The molecular weight excluding hydrogens is 328 g/mol. The van der Waals surface area contributed by atoms with Crippen molar-refractivity contribution in [3.05, 3.63) is 70.0 Å². The number of benzene rings is 1. The average Bonchev–Trinajstić information content (AvgIpc) is 2.62. The van der Waals surface area contributed by atoms with E-state index in [2.05, 4.69) is 15.0 Å². The third kappa shape index (κ3) is 3.12. The second kappa shape index (κ2) is 6.77. The predicted molar refractivity (Wildman–Crippen MR) is 92.6 cm³/mol. The van der Waals surface area contributed by atoms with Gasteiger partial charge in [-0.2, -0.15) is 9.97 Å². The van der Waals surface area contributed by atoms with Crippen molar-refractivity contribution in [3.8, 4) is 5.69 Å². The van der Waals surface area contributed by atoms with Crippen molar-refractivity contribution in [2.24, 2.45) is 5.84 Å². The number of aromatic nitrogens is 4. The van der Waals surface area contributed by atoms with Crippen molar-refractivity contribution in [2.45, 2.75) is 13.3 Å². The minimum absolute atomic E-state index is 0.0979. The van der Waals surface area contributed by atoms with Gasteiger partial charge in [-0.05, 0) is 36.4 Å². The third-order valence-electron chi connectivity index (χ3n) is 3.39. The first kappa shape index (κ1) is 16.1. The van der Waals surface area contributed by atoms with E-state index in [9.17, 15) is 4.79 Å². The zero-order chi connectivity index (χ0) is 17.1. The number of halogens is 1. The Morgan fingerprint density at radius 2 is 1.92 bits per heavy atom. The Labute approximate surface area is 143 Å². The zero-order valence-electron chi connectivity index (χ0n) is 12.9. The Kier molecular flexibility index (Phi) is 4.54. The summed E-state index contributed by atoms with van der Waals surface area (Å²) in [4.78, 5) is 25.0. The molecule has 2 N–H and O–H groups in total. The zero-order valence-corrected chi connectivity index (χ0v) is 13.7. The normalized spacial score (nSPS) is 10.6. The number of anilines is 2. The molecule has 0 aliphatic heterocycles. The average molecular weight is 343 g/mol. The number of pyridine rings is 1. The second-order valence-electron chi connectivity index (χ2n) is 4.95. The first-order chi connectivity index (χ1) is 11.6. The van der Waals surface area contributed by atoms with E-state index in [0.29, 0.717) is 28.8 Å². The standard InChI is InChI=1S/C16H15ClN6O/c1-2-13-20-15(23(18)14-5-3-4-10-19-14)21-16(24)22(13)12-8-6-11(17)7-9-12/h3-10H,2,18H2,1H3. The smallest absolute Gasteiger partial charge is 0.248 e. The van der Waals surface area contributed by atoms with Crippen LogP contribution < -0.4 is 16.5 Å². The molecule has 2 aromatic heterocycles. The lowest BCUT2D eigenvalue weighted by Gasteiger charge is -2.17. The van der Waals surface area contributed by atoms with Crippen molar-refractivity contribution in [1.82, 2.24) is 19.5 Å². The highest BCUT2D eigenvalue weighted by atomic mass is 35.5. The molecule has 0 fully saturated rings. The summed E-state index contributed by atoms with van der Waals surface area (Å²) in [7, 11) is 0. The monoisotopic (exact) mass is 342 g/mol. The molecule has 0 atom stereocenters. The number of hydrogen-bond acceptors (Lipinski definition) is 6. The fraction of sp³-hybridized carbons (Fsp3) is 0.125. The van der Waals surface area contributed by atoms with Gasteiger partial charge in [-0.3, -0.25) is 0 Å². The van der Waals surface area contributed by atoms with E-state index in [1.165, 1.54) is 9.58 Å². The van der Waals surface area contributed by atoms with E-state index >= 15 is 0 Å². The highest BCUT2D eigenvalue weighted by molar-refractivity contribution is 6.30. The van der Waals surface area contributed by atoms with Gasteiger partial charge in [0.25, 0.3) is 5.95 Å². The number of rotatable bonds is 4. The van der Waals surface area contributed by atoms with Crippen LogP contribution in [-0.4, -0.2) is 19.5 Å². The molecule has 0 saturated carbocycles. The summed E-state index contributed by atoms with van der Waals surface area (Å²) < 4.78 is 1.44. The molecule has 0 saturated heterocycles. The number of aryl methyl sites for hydroxylation is 1. The molecule has 122 valence electrons. The van der Waals surface area contributed by atoms with E-state index in [1.807, 2.05) is 6.92 Å². The van der Waals surface area contributed by atoms with E-state index in [1.54, 1.807) is 48.7 Å². The van der Waals surface area contributed by atoms with Gasteiger partial charge in [-0.15, -0.1) is 0 Å². The second-order valence-corrected chi connectivity index (χ2v) is 5.38. The molecule has 0 radical (unpaired) electrons. The van der Waals surface area contributed by atoms with Crippen LogP contribution in [0.2, 0.25) is 5.02 Å². The number of hydrogen-bond donors (Lipinski definition) is 1. The molecular formula is C16H15ClN6O. The Balaban J connectivity index is 2.08. The highest BCUT2D eigenvalue weighted by Crippen LogP contribution is 2.17. The fourth-order valence-electron chi connectivity index (χ4n) is 2.23. The largest absolute Gasteiger partial charge is 0.356 e. The highest BCUT2D eigenvalue weighted by Gasteiger charge is 2.15. The first-order valence-electron chi connectivity index (χ1n) is 7.32. The maximum atomic E-state index is 12.5. The summed E-state index contributed by atoms with van der Waals surface area (Å²) in [5, 5.41) is 1.78. The van der Waals surface area contributed by atoms with Crippen LogP contribution in [0.15, 0.2) is 53.5 Å². The van der Waals surface area contributed by atoms with Crippen LogP contribution in [-0.2, 0) is 6.42 Å². The van der Waals surface area contributed by atoms with Crippen LogP contribution in [0.4, 0.5) is 11.8 Å². The molecule has 0 aliphatic rings. The van der Waals surface area contributed by atoms with Crippen LogP contribution in [0.5, 0.6) is 0 Å². The molecule has 3 aromatic rings. The summed E-state index contributed by atoms with van der Waals surface area (Å²) >= 11 is 5.90. The SMILES string of the molecule is CCc1nc(N(N)c2ccccn2)nc(=O)n1-c1ccc(Cl)cc1. The Bertz CT molecular complexity index is 895. The van der Waals surface area contributed by atoms with Gasteiger partial charge in [-0.1, -0.05) is 24.6 Å². The van der Waals surface area contributed by atoms with Crippen molar-refractivity contribution < 1.29 is 0 Å². The molecule has 2 heterocycles. The van der Waals surface area contributed by atoms with Gasteiger partial charge in [0.2, 0.25) is 0 Å². The van der Waals surface area contributed by atoms with Gasteiger partial charge in [0.1, 0.15) is 11.6 Å². The number of nitrogens with two attached hydrogens (primary N) is 1. The summed E-state index contributed by atoms with van der Waals surface area (Å²) in [6.45, 7) is 1.90. The Hall–Kier alpha value is -2.77.